The van der Waals surface area contributed by atoms with Crippen molar-refractivity contribution in [1.82, 2.24) is 14.9 Å². The summed E-state index contributed by atoms with van der Waals surface area (Å²) in [6.45, 7) is 0.379. The minimum Gasteiger partial charge on any atom is -0.493 e. The average molecular weight is 423 g/mol. The van der Waals surface area contributed by atoms with E-state index in [0.717, 1.165) is 15.6 Å². The van der Waals surface area contributed by atoms with Gasteiger partial charge in [-0.15, -0.1) is 11.3 Å². The van der Waals surface area contributed by atoms with Crippen LogP contribution in [0.3, 0.4) is 0 Å². The van der Waals surface area contributed by atoms with Crippen LogP contribution in [-0.4, -0.2) is 36.2 Å². The molecule has 0 aliphatic rings. The van der Waals surface area contributed by atoms with Crippen molar-refractivity contribution >= 4 is 37.5 Å². The molecule has 0 aliphatic carbocycles. The third-order valence-electron chi connectivity index (χ3n) is 4.85. The Morgan fingerprint density at radius 1 is 1.13 bits per heavy atom. The van der Waals surface area contributed by atoms with Gasteiger partial charge in [-0.25, -0.2) is 4.98 Å². The van der Waals surface area contributed by atoms with E-state index in [1.807, 2.05) is 42.5 Å². The summed E-state index contributed by atoms with van der Waals surface area (Å²) < 4.78 is 13.5. The maximum Gasteiger partial charge on any atom is 0.271 e. The van der Waals surface area contributed by atoms with E-state index in [2.05, 4.69) is 10.3 Å². The molecule has 0 spiro atoms. The van der Waals surface area contributed by atoms with Crippen molar-refractivity contribution in [2.45, 2.75) is 13.0 Å². The van der Waals surface area contributed by atoms with E-state index in [-0.39, 0.29) is 18.0 Å². The van der Waals surface area contributed by atoms with Crippen LogP contribution in [0.25, 0.3) is 20.3 Å². The molecule has 2 heterocycles. The SMILES string of the molecule is COc1ccc(CCNC(=O)Cn2cnc3c(sc4ccccc43)c2=O)cc1OC. The first-order valence-electron chi connectivity index (χ1n) is 9.45. The van der Waals surface area contributed by atoms with Crippen LogP contribution in [0.4, 0.5) is 0 Å². The minimum atomic E-state index is -0.236. The predicted octanol–water partition coefficient (Wildman–Crippen LogP) is 2.99. The second-order valence-electron chi connectivity index (χ2n) is 6.74. The van der Waals surface area contributed by atoms with Crippen molar-refractivity contribution in [2.24, 2.45) is 0 Å². The van der Waals surface area contributed by atoms with E-state index in [1.165, 1.54) is 22.2 Å². The maximum absolute atomic E-state index is 12.8. The van der Waals surface area contributed by atoms with Gasteiger partial charge in [0.2, 0.25) is 5.91 Å². The van der Waals surface area contributed by atoms with Crippen LogP contribution in [0, 0.1) is 0 Å². The fraction of sp³-hybridized carbons (Fsp3) is 0.227. The molecule has 0 atom stereocenters. The zero-order valence-corrected chi connectivity index (χ0v) is 17.5. The Bertz CT molecular complexity index is 1280. The number of amides is 1. The van der Waals surface area contributed by atoms with Gasteiger partial charge >= 0.3 is 0 Å². The first-order chi connectivity index (χ1) is 14.6. The van der Waals surface area contributed by atoms with Crippen molar-refractivity contribution in [2.75, 3.05) is 20.8 Å². The van der Waals surface area contributed by atoms with Gasteiger partial charge in [-0.05, 0) is 30.2 Å². The van der Waals surface area contributed by atoms with Crippen molar-refractivity contribution in [1.29, 1.82) is 0 Å². The highest BCUT2D eigenvalue weighted by Crippen LogP contribution is 2.29. The number of nitrogens with one attached hydrogen (secondary N) is 1. The number of hydrogen-bond donors (Lipinski definition) is 1. The van der Waals surface area contributed by atoms with E-state index in [4.69, 9.17) is 9.47 Å². The van der Waals surface area contributed by atoms with Crippen LogP contribution >= 0.6 is 11.3 Å². The Labute approximate surface area is 176 Å². The minimum absolute atomic E-state index is 0.0675. The summed E-state index contributed by atoms with van der Waals surface area (Å²) >= 11 is 1.40. The average Bonchev–Trinajstić information content (AvgIpc) is 3.15. The number of rotatable bonds is 7. The van der Waals surface area contributed by atoms with Crippen LogP contribution in [0.15, 0.2) is 53.6 Å². The highest BCUT2D eigenvalue weighted by molar-refractivity contribution is 7.25. The first kappa shape index (κ1) is 19.9. The topological polar surface area (TPSA) is 82.5 Å². The van der Waals surface area contributed by atoms with Gasteiger partial charge in [0.25, 0.3) is 5.56 Å². The number of hydrogen-bond acceptors (Lipinski definition) is 6. The van der Waals surface area contributed by atoms with Crippen LogP contribution in [0.2, 0.25) is 0 Å². The Morgan fingerprint density at radius 2 is 1.93 bits per heavy atom. The van der Waals surface area contributed by atoms with E-state index in [9.17, 15) is 9.59 Å². The predicted molar refractivity (Wildman–Crippen MR) is 118 cm³/mol. The quantitative estimate of drug-likeness (QED) is 0.494. The standard InChI is InChI=1S/C22H21N3O4S/c1-28-16-8-7-14(11-17(16)29-2)9-10-23-19(26)12-25-13-24-20-15-5-3-4-6-18(15)30-21(20)22(25)27/h3-8,11,13H,9-10,12H2,1-2H3,(H,23,26). The van der Waals surface area contributed by atoms with Crippen molar-refractivity contribution in [3.8, 4) is 11.5 Å². The van der Waals surface area contributed by atoms with Gasteiger partial charge in [-0.2, -0.15) is 0 Å². The summed E-state index contributed by atoms with van der Waals surface area (Å²) in [5, 5.41) is 3.81. The molecule has 0 radical (unpaired) electrons. The molecule has 30 heavy (non-hydrogen) atoms. The molecule has 1 N–H and O–H groups in total. The molecule has 4 aromatic rings. The lowest BCUT2D eigenvalue weighted by molar-refractivity contribution is -0.121. The summed E-state index contributed by atoms with van der Waals surface area (Å²) in [5.74, 6) is 1.07. The van der Waals surface area contributed by atoms with E-state index < -0.39 is 0 Å². The van der Waals surface area contributed by atoms with Crippen molar-refractivity contribution in [3.63, 3.8) is 0 Å². The molecule has 0 fully saturated rings. The lowest BCUT2D eigenvalue weighted by Crippen LogP contribution is -2.33. The number of aromatic nitrogens is 2. The van der Waals surface area contributed by atoms with Gasteiger partial charge < -0.3 is 14.8 Å². The molecule has 2 aromatic carbocycles. The molecular weight excluding hydrogens is 402 g/mol. The molecular formula is C22H21N3O4S. The Kier molecular flexibility index (Phi) is 5.67. The van der Waals surface area contributed by atoms with E-state index in [1.54, 1.807) is 14.2 Å². The van der Waals surface area contributed by atoms with E-state index >= 15 is 0 Å². The molecule has 0 bridgehead atoms. The van der Waals surface area contributed by atoms with Crippen LogP contribution in [-0.2, 0) is 17.8 Å². The molecule has 0 saturated heterocycles. The summed E-state index contributed by atoms with van der Waals surface area (Å²) in [6, 6.07) is 13.4. The smallest absolute Gasteiger partial charge is 0.271 e. The molecule has 0 unspecified atom stereocenters. The summed E-state index contributed by atoms with van der Waals surface area (Å²) in [7, 11) is 3.17. The van der Waals surface area contributed by atoms with Gasteiger partial charge in [0.15, 0.2) is 11.5 Å². The first-order valence-corrected chi connectivity index (χ1v) is 10.3. The number of thiophene rings is 1. The second-order valence-corrected chi connectivity index (χ2v) is 7.80. The zero-order chi connectivity index (χ0) is 21.1. The fourth-order valence-corrected chi connectivity index (χ4v) is 4.43. The number of nitrogens with zero attached hydrogens (tertiary/aromatic N) is 2. The number of benzene rings is 2. The molecule has 4 rings (SSSR count). The maximum atomic E-state index is 12.8. The fourth-order valence-electron chi connectivity index (χ4n) is 3.32. The molecule has 0 saturated carbocycles. The zero-order valence-electron chi connectivity index (χ0n) is 16.7. The van der Waals surface area contributed by atoms with Gasteiger partial charge in [0.05, 0.1) is 26.1 Å². The van der Waals surface area contributed by atoms with E-state index in [0.29, 0.717) is 34.7 Å². The van der Waals surface area contributed by atoms with Crippen LogP contribution < -0.4 is 20.3 Å². The van der Waals surface area contributed by atoms with Gasteiger partial charge in [0.1, 0.15) is 11.2 Å². The third-order valence-corrected chi connectivity index (χ3v) is 6.00. The number of ether oxygens (including phenoxy) is 2. The lowest BCUT2D eigenvalue weighted by Gasteiger charge is -2.10. The van der Waals surface area contributed by atoms with Crippen LogP contribution in [0.5, 0.6) is 11.5 Å². The number of methoxy groups -OCH3 is 2. The second kappa shape index (κ2) is 8.54. The Morgan fingerprint density at radius 3 is 2.73 bits per heavy atom. The number of carbonyl (C=O) groups excluding carboxylic acids is 1. The molecule has 1 amide bonds. The lowest BCUT2D eigenvalue weighted by atomic mass is 10.1. The Balaban J connectivity index is 1.42. The van der Waals surface area contributed by atoms with Gasteiger partial charge in [-0.1, -0.05) is 24.3 Å². The highest BCUT2D eigenvalue weighted by Gasteiger charge is 2.13. The molecule has 2 aromatic heterocycles. The Hall–Kier alpha value is -3.39. The van der Waals surface area contributed by atoms with Gasteiger partial charge in [0, 0.05) is 16.6 Å². The summed E-state index contributed by atoms with van der Waals surface area (Å²) in [4.78, 5) is 29.5. The van der Waals surface area contributed by atoms with Crippen molar-refractivity contribution < 1.29 is 14.3 Å². The molecule has 0 aliphatic heterocycles. The van der Waals surface area contributed by atoms with Crippen molar-refractivity contribution in [3.05, 3.63) is 64.7 Å². The van der Waals surface area contributed by atoms with Gasteiger partial charge in [-0.3, -0.25) is 14.2 Å². The molecule has 8 heteroatoms. The monoisotopic (exact) mass is 423 g/mol. The number of fused-ring (bicyclic) bond motifs is 3. The summed E-state index contributed by atoms with van der Waals surface area (Å²) in [5.41, 5.74) is 1.50. The molecule has 154 valence electrons. The molecule has 7 nitrogen and oxygen atoms in total. The number of carbonyl (C=O) groups is 1. The third kappa shape index (κ3) is 3.86. The largest absolute Gasteiger partial charge is 0.493 e. The normalized spacial score (nSPS) is 11.0. The van der Waals surface area contributed by atoms with Crippen LogP contribution in [0.1, 0.15) is 5.56 Å². The highest BCUT2D eigenvalue weighted by atomic mass is 32.1. The summed E-state index contributed by atoms with van der Waals surface area (Å²) in [6.07, 6.45) is 2.08.